The molecule has 0 unspecified atom stereocenters. The molecule has 0 aliphatic carbocycles. The first-order valence-corrected chi connectivity index (χ1v) is 10.6. The monoisotopic (exact) mass is 479 g/mol. The van der Waals surface area contributed by atoms with Crippen molar-refractivity contribution in [1.29, 1.82) is 0 Å². The Labute approximate surface area is 181 Å². The number of carbonyl (C=O) groups excluding carboxylic acids is 2. The summed E-state index contributed by atoms with van der Waals surface area (Å²) in [6.45, 7) is 4.80. The van der Waals surface area contributed by atoms with Crippen molar-refractivity contribution in [3.05, 3.63) is 62.7 Å². The Morgan fingerprint density at radius 3 is 2.45 bits per heavy atom. The van der Waals surface area contributed by atoms with E-state index in [1.165, 1.54) is 12.1 Å². The Hall–Kier alpha value is -2.32. The standard InChI is InChI=1S/C21H19BrFNO4S/c1-3-27-17-10-14(9-16(22)19(17)28-4-2)11-18-20(25)24(21(26)29-18)12-13-5-7-15(23)8-6-13/h5-11H,3-4,12H2,1-2H3. The largest absolute Gasteiger partial charge is 0.490 e. The number of carbonyl (C=O) groups is 2. The summed E-state index contributed by atoms with van der Waals surface area (Å²) in [5.74, 6) is 0.401. The molecule has 5 nitrogen and oxygen atoms in total. The molecule has 29 heavy (non-hydrogen) atoms. The fraction of sp³-hybridized carbons (Fsp3) is 0.238. The van der Waals surface area contributed by atoms with Crippen LogP contribution in [0.1, 0.15) is 25.0 Å². The first kappa shape index (κ1) is 21.4. The summed E-state index contributed by atoms with van der Waals surface area (Å²) in [5, 5.41) is -0.361. The molecule has 2 aromatic rings. The molecule has 0 radical (unpaired) electrons. The van der Waals surface area contributed by atoms with Gasteiger partial charge in [0.15, 0.2) is 11.5 Å². The van der Waals surface area contributed by atoms with E-state index >= 15 is 0 Å². The molecule has 0 saturated carbocycles. The first-order chi connectivity index (χ1) is 13.9. The topological polar surface area (TPSA) is 55.8 Å². The highest BCUT2D eigenvalue weighted by atomic mass is 79.9. The Bertz CT molecular complexity index is 962. The minimum absolute atomic E-state index is 0.0967. The predicted octanol–water partition coefficient (Wildman–Crippen LogP) is 5.62. The van der Waals surface area contributed by atoms with Crippen LogP contribution in [0.2, 0.25) is 0 Å². The number of rotatable bonds is 7. The summed E-state index contributed by atoms with van der Waals surface area (Å²) in [4.78, 5) is 26.5. The molecule has 0 bridgehead atoms. The van der Waals surface area contributed by atoms with Crippen LogP contribution in [-0.4, -0.2) is 29.3 Å². The van der Waals surface area contributed by atoms with Crippen molar-refractivity contribution in [2.24, 2.45) is 0 Å². The zero-order valence-electron chi connectivity index (χ0n) is 15.9. The number of imide groups is 1. The summed E-state index contributed by atoms with van der Waals surface area (Å²) in [6, 6.07) is 9.29. The maximum atomic E-state index is 13.1. The first-order valence-electron chi connectivity index (χ1n) is 9.01. The highest BCUT2D eigenvalue weighted by Crippen LogP contribution is 2.39. The van der Waals surface area contributed by atoms with Crippen molar-refractivity contribution in [1.82, 2.24) is 4.90 Å². The van der Waals surface area contributed by atoms with E-state index in [2.05, 4.69) is 15.9 Å². The van der Waals surface area contributed by atoms with Crippen LogP contribution in [0, 0.1) is 5.82 Å². The highest BCUT2D eigenvalue weighted by Gasteiger charge is 2.35. The van der Waals surface area contributed by atoms with Gasteiger partial charge in [0, 0.05) is 0 Å². The molecule has 0 N–H and O–H groups in total. The molecule has 1 fully saturated rings. The number of hydrogen-bond donors (Lipinski definition) is 0. The molecule has 2 amide bonds. The van der Waals surface area contributed by atoms with Crippen molar-refractivity contribution in [3.63, 3.8) is 0 Å². The molecule has 0 spiro atoms. The molecular formula is C21H19BrFNO4S. The van der Waals surface area contributed by atoms with E-state index in [4.69, 9.17) is 9.47 Å². The van der Waals surface area contributed by atoms with Gasteiger partial charge in [-0.15, -0.1) is 0 Å². The molecule has 1 heterocycles. The number of amides is 2. The molecule has 0 aromatic heterocycles. The van der Waals surface area contributed by atoms with E-state index in [1.807, 2.05) is 19.9 Å². The fourth-order valence-corrected chi connectivity index (χ4v) is 4.19. The van der Waals surface area contributed by atoms with E-state index in [9.17, 15) is 14.0 Å². The van der Waals surface area contributed by atoms with Crippen LogP contribution in [0.5, 0.6) is 11.5 Å². The third-order valence-corrected chi connectivity index (χ3v) is 5.54. The molecule has 8 heteroatoms. The van der Waals surface area contributed by atoms with Gasteiger partial charge in [-0.25, -0.2) is 4.39 Å². The van der Waals surface area contributed by atoms with E-state index in [0.29, 0.717) is 45.2 Å². The average Bonchev–Trinajstić information content (AvgIpc) is 2.94. The molecule has 1 saturated heterocycles. The summed E-state index contributed by atoms with van der Waals surface area (Å²) < 4.78 is 25.0. The second-order valence-corrected chi connectivity index (χ2v) is 7.94. The maximum absolute atomic E-state index is 13.1. The van der Waals surface area contributed by atoms with E-state index in [-0.39, 0.29) is 23.5 Å². The van der Waals surface area contributed by atoms with Gasteiger partial charge in [-0.2, -0.15) is 0 Å². The van der Waals surface area contributed by atoms with Crippen LogP contribution >= 0.6 is 27.7 Å². The molecule has 3 rings (SSSR count). The van der Waals surface area contributed by atoms with Crippen molar-refractivity contribution >= 4 is 44.9 Å². The number of hydrogen-bond acceptors (Lipinski definition) is 5. The van der Waals surface area contributed by atoms with Crippen molar-refractivity contribution in [3.8, 4) is 11.5 Å². The Balaban J connectivity index is 1.86. The van der Waals surface area contributed by atoms with Crippen LogP contribution in [-0.2, 0) is 11.3 Å². The van der Waals surface area contributed by atoms with Crippen molar-refractivity contribution < 1.29 is 23.5 Å². The second kappa shape index (κ2) is 9.45. The van der Waals surface area contributed by atoms with Crippen LogP contribution in [0.25, 0.3) is 6.08 Å². The molecule has 152 valence electrons. The van der Waals surface area contributed by atoms with E-state index < -0.39 is 0 Å². The van der Waals surface area contributed by atoms with Gasteiger partial charge in [0.05, 0.1) is 29.1 Å². The molecular weight excluding hydrogens is 461 g/mol. The number of thioether (sulfide) groups is 1. The summed E-state index contributed by atoms with van der Waals surface area (Å²) in [6.07, 6.45) is 1.65. The van der Waals surface area contributed by atoms with Crippen LogP contribution < -0.4 is 9.47 Å². The smallest absolute Gasteiger partial charge is 0.293 e. The fourth-order valence-electron chi connectivity index (χ4n) is 2.78. The Kier molecular flexibility index (Phi) is 6.97. The van der Waals surface area contributed by atoms with Gasteiger partial charge < -0.3 is 9.47 Å². The summed E-state index contributed by atoms with van der Waals surface area (Å²) >= 11 is 4.35. The van der Waals surface area contributed by atoms with Gasteiger partial charge in [0.2, 0.25) is 0 Å². The Morgan fingerprint density at radius 2 is 1.79 bits per heavy atom. The summed E-state index contributed by atoms with van der Waals surface area (Å²) in [5.41, 5.74) is 1.38. The van der Waals surface area contributed by atoms with Gasteiger partial charge in [0.1, 0.15) is 5.82 Å². The highest BCUT2D eigenvalue weighted by molar-refractivity contribution is 9.10. The molecule has 0 atom stereocenters. The number of nitrogens with zero attached hydrogens (tertiary/aromatic N) is 1. The maximum Gasteiger partial charge on any atom is 0.293 e. The third kappa shape index (κ3) is 5.00. The number of benzene rings is 2. The lowest BCUT2D eigenvalue weighted by atomic mass is 10.1. The van der Waals surface area contributed by atoms with Gasteiger partial charge in [0.25, 0.3) is 11.1 Å². The van der Waals surface area contributed by atoms with Gasteiger partial charge in [-0.1, -0.05) is 12.1 Å². The van der Waals surface area contributed by atoms with Gasteiger partial charge >= 0.3 is 0 Å². The minimum atomic E-state index is -0.382. The Morgan fingerprint density at radius 1 is 1.10 bits per heavy atom. The lowest BCUT2D eigenvalue weighted by molar-refractivity contribution is -0.123. The zero-order chi connectivity index (χ0) is 21.0. The minimum Gasteiger partial charge on any atom is -0.490 e. The SMILES string of the molecule is CCOc1cc(C=C2SC(=O)N(Cc3ccc(F)cc3)C2=O)cc(Br)c1OCC. The number of halogens is 2. The van der Waals surface area contributed by atoms with Crippen LogP contribution in [0.4, 0.5) is 9.18 Å². The molecule has 1 aliphatic heterocycles. The quantitative estimate of drug-likeness (QED) is 0.482. The molecule has 1 aliphatic rings. The van der Waals surface area contributed by atoms with Crippen LogP contribution in [0.15, 0.2) is 45.8 Å². The van der Waals surface area contributed by atoms with E-state index in [1.54, 1.807) is 24.3 Å². The normalized spacial score (nSPS) is 15.3. The number of ether oxygens (including phenoxy) is 2. The van der Waals surface area contributed by atoms with Crippen molar-refractivity contribution in [2.45, 2.75) is 20.4 Å². The van der Waals surface area contributed by atoms with Crippen LogP contribution in [0.3, 0.4) is 0 Å². The lowest BCUT2D eigenvalue weighted by Crippen LogP contribution is -2.27. The second-order valence-electron chi connectivity index (χ2n) is 6.09. The van der Waals surface area contributed by atoms with Crippen molar-refractivity contribution in [2.75, 3.05) is 13.2 Å². The van der Waals surface area contributed by atoms with Gasteiger partial charge in [-0.05, 0) is 83.0 Å². The molecule has 2 aromatic carbocycles. The predicted molar refractivity (Wildman–Crippen MR) is 114 cm³/mol. The van der Waals surface area contributed by atoms with Gasteiger partial charge in [-0.3, -0.25) is 14.5 Å². The van der Waals surface area contributed by atoms with E-state index in [0.717, 1.165) is 16.7 Å². The third-order valence-electron chi connectivity index (χ3n) is 4.05. The summed E-state index contributed by atoms with van der Waals surface area (Å²) in [7, 11) is 0. The lowest BCUT2D eigenvalue weighted by Gasteiger charge is -2.14. The average molecular weight is 480 g/mol. The zero-order valence-corrected chi connectivity index (χ0v) is 18.3.